The SMILES string of the molecule is COc1ccc(N2C(=O)C(=O)/C(=C(/O)c3ccc(OC)c(C(C)(C)C)c3)C2c2cccc(OC(C)=O)c2)cc1. The Morgan fingerprint density at radius 1 is 0.897 bits per heavy atom. The molecular weight excluding hydrogens is 498 g/mol. The van der Waals surface area contributed by atoms with Gasteiger partial charge in [-0.05, 0) is 65.6 Å². The van der Waals surface area contributed by atoms with E-state index in [1.165, 1.54) is 18.9 Å². The van der Waals surface area contributed by atoms with E-state index in [2.05, 4.69) is 0 Å². The van der Waals surface area contributed by atoms with Crippen LogP contribution in [0.1, 0.15) is 50.4 Å². The quantitative estimate of drug-likeness (QED) is 0.147. The average molecular weight is 530 g/mol. The maximum Gasteiger partial charge on any atom is 0.308 e. The molecule has 1 unspecified atom stereocenters. The molecule has 1 fully saturated rings. The smallest absolute Gasteiger partial charge is 0.308 e. The molecule has 8 nitrogen and oxygen atoms in total. The number of Topliss-reactive ketones (excluding diaryl/α,β-unsaturated/α-hetero) is 1. The van der Waals surface area contributed by atoms with Gasteiger partial charge in [-0.15, -0.1) is 0 Å². The van der Waals surface area contributed by atoms with Gasteiger partial charge >= 0.3 is 5.97 Å². The molecule has 8 heteroatoms. The number of hydrogen-bond acceptors (Lipinski definition) is 7. The fourth-order valence-electron chi connectivity index (χ4n) is 4.67. The van der Waals surface area contributed by atoms with Crippen LogP contribution in [0.5, 0.6) is 17.2 Å². The molecule has 0 bridgehead atoms. The highest BCUT2D eigenvalue weighted by Crippen LogP contribution is 2.44. The molecule has 202 valence electrons. The van der Waals surface area contributed by atoms with Crippen molar-refractivity contribution in [1.82, 2.24) is 0 Å². The first-order valence-corrected chi connectivity index (χ1v) is 12.4. The molecular formula is C31H31NO7. The number of rotatable bonds is 6. The number of amides is 1. The van der Waals surface area contributed by atoms with E-state index >= 15 is 0 Å². The summed E-state index contributed by atoms with van der Waals surface area (Å²) in [7, 11) is 3.10. The number of ether oxygens (including phenoxy) is 3. The van der Waals surface area contributed by atoms with Crippen LogP contribution < -0.4 is 19.1 Å². The molecule has 3 aromatic carbocycles. The Labute approximate surface area is 227 Å². The van der Waals surface area contributed by atoms with E-state index in [1.807, 2.05) is 20.8 Å². The van der Waals surface area contributed by atoms with Crippen LogP contribution in [0.25, 0.3) is 5.76 Å². The zero-order valence-corrected chi connectivity index (χ0v) is 22.8. The van der Waals surface area contributed by atoms with Gasteiger partial charge < -0.3 is 19.3 Å². The highest BCUT2D eigenvalue weighted by molar-refractivity contribution is 6.51. The van der Waals surface area contributed by atoms with Crippen LogP contribution >= 0.6 is 0 Å². The number of aliphatic hydroxyl groups excluding tert-OH is 1. The molecule has 1 amide bonds. The highest BCUT2D eigenvalue weighted by Gasteiger charge is 2.47. The minimum Gasteiger partial charge on any atom is -0.507 e. The number of methoxy groups -OCH3 is 2. The number of aliphatic hydroxyl groups is 1. The van der Waals surface area contributed by atoms with Crippen molar-refractivity contribution in [1.29, 1.82) is 0 Å². The standard InChI is InChI=1S/C31H31NO7/c1-18(33)39-23-9-7-8-19(16-23)27-26(28(34)20-10-15-25(38-6)24(17-20)31(2,3)4)29(35)30(36)32(27)21-11-13-22(37-5)14-12-21/h7-17,27,34H,1-6H3/b28-26+. The molecule has 1 aliphatic heterocycles. The number of nitrogens with zero attached hydrogens (tertiary/aromatic N) is 1. The van der Waals surface area contributed by atoms with E-state index in [1.54, 1.807) is 73.8 Å². The number of carbonyl (C=O) groups excluding carboxylic acids is 3. The number of anilines is 1. The molecule has 1 saturated heterocycles. The van der Waals surface area contributed by atoms with Crippen LogP contribution in [-0.4, -0.2) is 37.0 Å². The maximum absolute atomic E-state index is 13.5. The van der Waals surface area contributed by atoms with Crippen molar-refractivity contribution in [2.24, 2.45) is 0 Å². The lowest BCUT2D eigenvalue weighted by molar-refractivity contribution is -0.132. The van der Waals surface area contributed by atoms with Gasteiger partial charge in [0.05, 0.1) is 25.8 Å². The molecule has 39 heavy (non-hydrogen) atoms. The van der Waals surface area contributed by atoms with E-state index in [0.717, 1.165) is 5.56 Å². The van der Waals surface area contributed by atoms with Gasteiger partial charge in [0.2, 0.25) is 0 Å². The Bertz CT molecular complexity index is 1460. The summed E-state index contributed by atoms with van der Waals surface area (Å²) in [6, 6.07) is 17.4. The highest BCUT2D eigenvalue weighted by atomic mass is 16.5. The first-order valence-electron chi connectivity index (χ1n) is 12.4. The normalized spacial score (nSPS) is 16.8. The summed E-state index contributed by atoms with van der Waals surface area (Å²) in [4.78, 5) is 39.9. The molecule has 0 saturated carbocycles. The number of ketones is 1. The minimum atomic E-state index is -0.992. The molecule has 1 atom stereocenters. The average Bonchev–Trinajstić information content (AvgIpc) is 3.17. The summed E-state index contributed by atoms with van der Waals surface area (Å²) in [6.07, 6.45) is 0. The largest absolute Gasteiger partial charge is 0.507 e. The van der Waals surface area contributed by atoms with E-state index in [-0.39, 0.29) is 22.5 Å². The molecule has 0 aromatic heterocycles. The molecule has 0 spiro atoms. The first kappa shape index (κ1) is 27.4. The first-order chi connectivity index (χ1) is 18.5. The second-order valence-electron chi connectivity index (χ2n) is 10.2. The van der Waals surface area contributed by atoms with Crippen molar-refractivity contribution in [3.05, 3.63) is 89.0 Å². The second-order valence-corrected chi connectivity index (χ2v) is 10.2. The summed E-state index contributed by atoms with van der Waals surface area (Å²) >= 11 is 0. The van der Waals surface area contributed by atoms with Crippen molar-refractivity contribution in [2.45, 2.75) is 39.2 Å². The maximum atomic E-state index is 13.5. The van der Waals surface area contributed by atoms with Crippen LogP contribution in [0.2, 0.25) is 0 Å². The molecule has 1 N–H and O–H groups in total. The summed E-state index contributed by atoms with van der Waals surface area (Å²) in [5.41, 5.74) is 1.70. The summed E-state index contributed by atoms with van der Waals surface area (Å²) in [5, 5.41) is 11.6. The predicted octanol–water partition coefficient (Wildman–Crippen LogP) is 5.55. The zero-order valence-electron chi connectivity index (χ0n) is 22.8. The Kier molecular flexibility index (Phi) is 7.49. The van der Waals surface area contributed by atoms with Gasteiger partial charge in [0.15, 0.2) is 0 Å². The van der Waals surface area contributed by atoms with Crippen molar-refractivity contribution in [2.75, 3.05) is 19.1 Å². The van der Waals surface area contributed by atoms with Gasteiger partial charge in [-0.2, -0.15) is 0 Å². The number of benzene rings is 3. The number of carbonyl (C=O) groups is 3. The Morgan fingerprint density at radius 3 is 2.18 bits per heavy atom. The van der Waals surface area contributed by atoms with Gasteiger partial charge in [0.1, 0.15) is 23.0 Å². The van der Waals surface area contributed by atoms with Gasteiger partial charge in [-0.25, -0.2) is 0 Å². The third kappa shape index (κ3) is 5.36. The fourth-order valence-corrected chi connectivity index (χ4v) is 4.67. The molecule has 3 aromatic rings. The van der Waals surface area contributed by atoms with E-state index in [4.69, 9.17) is 14.2 Å². The molecule has 1 aliphatic rings. The van der Waals surface area contributed by atoms with Gasteiger partial charge in [0, 0.05) is 23.7 Å². The van der Waals surface area contributed by atoms with Crippen molar-refractivity contribution in [3.63, 3.8) is 0 Å². The lowest BCUT2D eigenvalue weighted by atomic mass is 9.84. The molecule has 0 radical (unpaired) electrons. The van der Waals surface area contributed by atoms with Crippen molar-refractivity contribution in [3.8, 4) is 17.2 Å². The van der Waals surface area contributed by atoms with Crippen LogP contribution in [0.15, 0.2) is 72.3 Å². The number of esters is 1. The molecule has 4 rings (SSSR count). The summed E-state index contributed by atoms with van der Waals surface area (Å²) in [6.45, 7) is 7.32. The lowest BCUT2D eigenvalue weighted by Gasteiger charge is -2.26. The predicted molar refractivity (Wildman–Crippen MR) is 147 cm³/mol. The van der Waals surface area contributed by atoms with Crippen LogP contribution in [0, 0.1) is 0 Å². The Morgan fingerprint density at radius 2 is 1.59 bits per heavy atom. The van der Waals surface area contributed by atoms with E-state index in [0.29, 0.717) is 28.3 Å². The lowest BCUT2D eigenvalue weighted by Crippen LogP contribution is -2.29. The third-order valence-corrected chi connectivity index (χ3v) is 6.51. The Balaban J connectivity index is 1.95. The second kappa shape index (κ2) is 10.6. The topological polar surface area (TPSA) is 102 Å². The van der Waals surface area contributed by atoms with Gasteiger partial charge in [0.25, 0.3) is 11.7 Å². The van der Waals surface area contributed by atoms with E-state index in [9.17, 15) is 19.5 Å². The third-order valence-electron chi connectivity index (χ3n) is 6.51. The van der Waals surface area contributed by atoms with Gasteiger partial charge in [-0.3, -0.25) is 19.3 Å². The molecule has 1 heterocycles. The monoisotopic (exact) mass is 529 g/mol. The molecule has 0 aliphatic carbocycles. The van der Waals surface area contributed by atoms with Crippen LogP contribution in [0.4, 0.5) is 5.69 Å². The Hall–Kier alpha value is -4.59. The van der Waals surface area contributed by atoms with Crippen LogP contribution in [0.3, 0.4) is 0 Å². The van der Waals surface area contributed by atoms with Gasteiger partial charge in [-0.1, -0.05) is 32.9 Å². The van der Waals surface area contributed by atoms with Crippen molar-refractivity contribution >= 4 is 29.1 Å². The number of hydrogen-bond donors (Lipinski definition) is 1. The fraction of sp³-hybridized carbons (Fsp3) is 0.258. The summed E-state index contributed by atoms with van der Waals surface area (Å²) < 4.78 is 16.0. The van der Waals surface area contributed by atoms with Crippen molar-refractivity contribution < 1.29 is 33.7 Å². The zero-order chi connectivity index (χ0) is 28.5. The minimum absolute atomic E-state index is 0.0826. The van der Waals surface area contributed by atoms with E-state index < -0.39 is 23.7 Å². The summed E-state index contributed by atoms with van der Waals surface area (Å²) in [5.74, 6) is -0.988. The van der Waals surface area contributed by atoms with Crippen LogP contribution in [-0.2, 0) is 19.8 Å².